The van der Waals surface area contributed by atoms with Crippen LogP contribution in [0.4, 0.5) is 5.13 Å². The first-order valence-electron chi connectivity index (χ1n) is 7.11. The number of hydrogen-bond acceptors (Lipinski definition) is 6. The maximum Gasteiger partial charge on any atom is 0.259 e. The summed E-state index contributed by atoms with van der Waals surface area (Å²) in [6, 6.07) is 4.00. The van der Waals surface area contributed by atoms with Crippen molar-refractivity contribution in [2.24, 2.45) is 0 Å². The molecule has 1 aromatic carbocycles. The number of halogens is 1. The highest BCUT2D eigenvalue weighted by Crippen LogP contribution is 2.24. The number of sulfonamides is 1. The van der Waals surface area contributed by atoms with E-state index in [1.807, 2.05) is 6.92 Å². The van der Waals surface area contributed by atoms with Gasteiger partial charge in [-0.25, -0.2) is 12.7 Å². The molecule has 2 rings (SSSR count). The third-order valence-electron chi connectivity index (χ3n) is 3.11. The number of carbonyl (C=O) groups excluding carboxylic acids is 1. The molecule has 0 saturated heterocycles. The number of carbonyl (C=O) groups is 1. The largest absolute Gasteiger partial charge is 0.296 e. The molecule has 0 atom stereocenters. The van der Waals surface area contributed by atoms with E-state index in [-0.39, 0.29) is 15.5 Å². The molecule has 0 aliphatic carbocycles. The van der Waals surface area contributed by atoms with Crippen LogP contribution in [0.25, 0.3) is 0 Å². The normalized spacial score (nSPS) is 11.7. The number of aromatic nitrogens is 2. The minimum absolute atomic E-state index is 0.00835. The van der Waals surface area contributed by atoms with E-state index in [0.29, 0.717) is 5.13 Å². The molecule has 0 fully saturated rings. The maximum absolute atomic E-state index is 12.4. The van der Waals surface area contributed by atoms with Gasteiger partial charge in [0.15, 0.2) is 0 Å². The Balaban J connectivity index is 2.28. The minimum atomic E-state index is -3.66. The third kappa shape index (κ3) is 4.10. The highest BCUT2D eigenvalue weighted by molar-refractivity contribution is 7.89. The lowest BCUT2D eigenvalue weighted by molar-refractivity contribution is 0.102. The van der Waals surface area contributed by atoms with Gasteiger partial charge in [0.2, 0.25) is 15.2 Å². The van der Waals surface area contributed by atoms with Crippen LogP contribution >= 0.6 is 22.9 Å². The van der Waals surface area contributed by atoms with Crippen LogP contribution in [0, 0.1) is 0 Å². The Labute approximate surface area is 149 Å². The molecule has 1 amide bonds. The highest BCUT2D eigenvalue weighted by Gasteiger charge is 2.21. The van der Waals surface area contributed by atoms with Gasteiger partial charge in [-0.05, 0) is 24.6 Å². The summed E-state index contributed by atoms with van der Waals surface area (Å²) in [4.78, 5) is 12.4. The smallest absolute Gasteiger partial charge is 0.259 e. The fourth-order valence-electron chi connectivity index (χ4n) is 1.83. The Kier molecular flexibility index (Phi) is 5.92. The molecule has 0 saturated carbocycles. The van der Waals surface area contributed by atoms with Crippen LogP contribution in [0.3, 0.4) is 0 Å². The first kappa shape index (κ1) is 18.8. The van der Waals surface area contributed by atoms with Crippen LogP contribution in [0.15, 0.2) is 23.1 Å². The standard InChI is InChI=1S/C14H17ClN4O3S2/c1-4-5-12-17-18-14(23-12)16-13(20)10-8-9(6-7-11(10)15)24(21,22)19(2)3/h6-8H,4-5H2,1-3H3,(H,16,18,20). The summed E-state index contributed by atoms with van der Waals surface area (Å²) in [6.45, 7) is 2.02. The predicted octanol–water partition coefficient (Wildman–Crippen LogP) is 2.65. The van der Waals surface area contributed by atoms with Crippen molar-refractivity contribution in [3.05, 3.63) is 33.8 Å². The van der Waals surface area contributed by atoms with Crippen LogP contribution < -0.4 is 5.32 Å². The lowest BCUT2D eigenvalue weighted by Crippen LogP contribution is -2.23. The molecule has 0 spiro atoms. The van der Waals surface area contributed by atoms with E-state index in [9.17, 15) is 13.2 Å². The van der Waals surface area contributed by atoms with E-state index in [1.165, 1.54) is 43.6 Å². The number of rotatable bonds is 6. The average Bonchev–Trinajstić information content (AvgIpc) is 2.94. The quantitative estimate of drug-likeness (QED) is 0.821. The summed E-state index contributed by atoms with van der Waals surface area (Å²) >= 11 is 7.32. The van der Waals surface area contributed by atoms with Crippen molar-refractivity contribution in [1.82, 2.24) is 14.5 Å². The van der Waals surface area contributed by atoms with Gasteiger partial charge < -0.3 is 0 Å². The zero-order chi connectivity index (χ0) is 17.9. The average molecular weight is 389 g/mol. The Bertz CT molecular complexity index is 849. The minimum Gasteiger partial charge on any atom is -0.296 e. The number of hydrogen-bond donors (Lipinski definition) is 1. The Morgan fingerprint density at radius 2 is 2.04 bits per heavy atom. The van der Waals surface area contributed by atoms with E-state index < -0.39 is 15.9 Å². The Morgan fingerprint density at radius 3 is 2.67 bits per heavy atom. The second kappa shape index (κ2) is 7.56. The number of nitrogens with one attached hydrogen (secondary N) is 1. The second-order valence-corrected chi connectivity index (χ2v) is 8.76. The van der Waals surface area contributed by atoms with Gasteiger partial charge in [0.1, 0.15) is 5.01 Å². The molecule has 0 radical (unpaired) electrons. The summed E-state index contributed by atoms with van der Waals surface area (Å²) in [5, 5.41) is 11.8. The van der Waals surface area contributed by atoms with E-state index in [4.69, 9.17) is 11.6 Å². The lowest BCUT2D eigenvalue weighted by atomic mass is 10.2. The molecule has 1 heterocycles. The predicted molar refractivity (Wildman–Crippen MR) is 94.2 cm³/mol. The number of aryl methyl sites for hydroxylation is 1. The molecule has 1 N–H and O–H groups in total. The third-order valence-corrected chi connectivity index (χ3v) is 6.15. The van der Waals surface area contributed by atoms with Crippen LogP contribution in [0.2, 0.25) is 5.02 Å². The SMILES string of the molecule is CCCc1nnc(NC(=O)c2cc(S(=O)(=O)N(C)C)ccc2Cl)s1. The molecule has 0 aliphatic rings. The molecule has 0 bridgehead atoms. The van der Waals surface area contributed by atoms with E-state index in [2.05, 4.69) is 15.5 Å². The number of benzene rings is 1. The molecule has 130 valence electrons. The summed E-state index contributed by atoms with van der Waals surface area (Å²) in [6.07, 6.45) is 1.71. The molecule has 7 nitrogen and oxygen atoms in total. The fraction of sp³-hybridized carbons (Fsp3) is 0.357. The van der Waals surface area contributed by atoms with E-state index in [0.717, 1.165) is 22.2 Å². The summed E-state index contributed by atoms with van der Waals surface area (Å²) in [7, 11) is -0.823. The summed E-state index contributed by atoms with van der Waals surface area (Å²) in [5.41, 5.74) is 0.0619. The Hall–Kier alpha value is -1.55. The fourth-order valence-corrected chi connectivity index (χ4v) is 3.80. The summed E-state index contributed by atoms with van der Waals surface area (Å²) in [5.74, 6) is -0.532. The molecule has 10 heteroatoms. The first-order chi connectivity index (χ1) is 11.3. The number of nitrogens with zero attached hydrogens (tertiary/aromatic N) is 3. The molecule has 24 heavy (non-hydrogen) atoms. The van der Waals surface area contributed by atoms with Crippen molar-refractivity contribution in [3.63, 3.8) is 0 Å². The van der Waals surface area contributed by atoms with Crippen molar-refractivity contribution in [3.8, 4) is 0 Å². The van der Waals surface area contributed by atoms with E-state index >= 15 is 0 Å². The van der Waals surface area contributed by atoms with Crippen LogP contribution in [-0.2, 0) is 16.4 Å². The lowest BCUT2D eigenvalue weighted by Gasteiger charge is -2.12. The van der Waals surface area contributed by atoms with Gasteiger partial charge in [0.05, 0.1) is 15.5 Å². The van der Waals surface area contributed by atoms with Crippen molar-refractivity contribution >= 4 is 44.0 Å². The van der Waals surface area contributed by atoms with Crippen molar-refractivity contribution in [2.45, 2.75) is 24.7 Å². The zero-order valence-electron chi connectivity index (χ0n) is 13.4. The van der Waals surface area contributed by atoms with Gasteiger partial charge in [-0.15, -0.1) is 10.2 Å². The molecule has 0 unspecified atom stereocenters. The molecule has 2 aromatic rings. The van der Waals surface area contributed by atoms with Gasteiger partial charge in [-0.2, -0.15) is 0 Å². The maximum atomic E-state index is 12.4. The molecular formula is C14H17ClN4O3S2. The molecule has 0 aliphatic heterocycles. The van der Waals surface area contributed by atoms with Crippen LogP contribution in [0.5, 0.6) is 0 Å². The van der Waals surface area contributed by atoms with Crippen LogP contribution in [-0.4, -0.2) is 42.9 Å². The zero-order valence-corrected chi connectivity index (χ0v) is 15.8. The Morgan fingerprint density at radius 1 is 1.33 bits per heavy atom. The van der Waals surface area contributed by atoms with E-state index in [1.54, 1.807) is 0 Å². The molecular weight excluding hydrogens is 372 g/mol. The summed E-state index contributed by atoms with van der Waals surface area (Å²) < 4.78 is 25.4. The van der Waals surface area contributed by atoms with Gasteiger partial charge in [-0.1, -0.05) is 29.9 Å². The number of anilines is 1. The van der Waals surface area contributed by atoms with Crippen LogP contribution in [0.1, 0.15) is 28.7 Å². The molecule has 1 aromatic heterocycles. The first-order valence-corrected chi connectivity index (χ1v) is 9.75. The highest BCUT2D eigenvalue weighted by atomic mass is 35.5. The van der Waals surface area contributed by atoms with Gasteiger partial charge >= 0.3 is 0 Å². The van der Waals surface area contributed by atoms with Gasteiger partial charge in [0.25, 0.3) is 5.91 Å². The number of amides is 1. The topological polar surface area (TPSA) is 92.3 Å². The van der Waals surface area contributed by atoms with Crippen molar-refractivity contribution < 1.29 is 13.2 Å². The van der Waals surface area contributed by atoms with Crippen molar-refractivity contribution in [1.29, 1.82) is 0 Å². The van der Waals surface area contributed by atoms with Gasteiger partial charge in [-0.3, -0.25) is 10.1 Å². The monoisotopic (exact) mass is 388 g/mol. The van der Waals surface area contributed by atoms with Gasteiger partial charge in [0, 0.05) is 20.5 Å². The second-order valence-electron chi connectivity index (χ2n) is 5.13. The van der Waals surface area contributed by atoms with Crippen molar-refractivity contribution in [2.75, 3.05) is 19.4 Å².